The number of hydrogen-bond donors (Lipinski definition) is 2. The predicted molar refractivity (Wildman–Crippen MR) is 107 cm³/mol. The standard InChI is InChI=1S/C17H25N5.HI/c1-4-14(3)21-17(18-5-2)19-11-15-12-20-22(13-15)16-9-7-6-8-10-16;/h6-10,12-14H,4-5,11H2,1-3H3,(H2,18,19,21);1H. The molecule has 1 aromatic carbocycles. The molecule has 0 aliphatic rings. The van der Waals surface area contributed by atoms with Crippen LogP contribution in [-0.2, 0) is 6.54 Å². The fourth-order valence-corrected chi connectivity index (χ4v) is 1.99. The highest BCUT2D eigenvalue weighted by molar-refractivity contribution is 14.0. The molecule has 0 fully saturated rings. The van der Waals surface area contributed by atoms with Gasteiger partial charge in [0.25, 0.3) is 0 Å². The van der Waals surface area contributed by atoms with E-state index in [-0.39, 0.29) is 24.0 Å². The smallest absolute Gasteiger partial charge is 0.191 e. The van der Waals surface area contributed by atoms with Gasteiger partial charge in [-0.2, -0.15) is 5.10 Å². The van der Waals surface area contributed by atoms with Crippen molar-refractivity contribution in [1.82, 2.24) is 20.4 Å². The van der Waals surface area contributed by atoms with Crippen molar-refractivity contribution in [2.45, 2.75) is 39.8 Å². The maximum Gasteiger partial charge on any atom is 0.191 e. The molecule has 2 rings (SSSR count). The third-order valence-electron chi connectivity index (χ3n) is 3.42. The maximum atomic E-state index is 4.62. The minimum atomic E-state index is 0. The lowest BCUT2D eigenvalue weighted by Crippen LogP contribution is -2.41. The van der Waals surface area contributed by atoms with Crippen LogP contribution in [0.4, 0.5) is 0 Å². The summed E-state index contributed by atoms with van der Waals surface area (Å²) in [6, 6.07) is 10.5. The fourth-order valence-electron chi connectivity index (χ4n) is 1.99. The van der Waals surface area contributed by atoms with Crippen LogP contribution in [0.3, 0.4) is 0 Å². The lowest BCUT2D eigenvalue weighted by atomic mass is 10.3. The number of hydrogen-bond acceptors (Lipinski definition) is 2. The van der Waals surface area contributed by atoms with Crippen LogP contribution < -0.4 is 10.6 Å². The summed E-state index contributed by atoms with van der Waals surface area (Å²) < 4.78 is 1.87. The molecular weight excluding hydrogens is 401 g/mol. The Morgan fingerprint density at radius 2 is 2.00 bits per heavy atom. The molecule has 1 atom stereocenters. The number of aliphatic imine (C=N–C) groups is 1. The van der Waals surface area contributed by atoms with E-state index in [1.807, 2.05) is 47.4 Å². The number of benzene rings is 1. The Bertz CT molecular complexity index is 594. The average molecular weight is 427 g/mol. The van der Waals surface area contributed by atoms with Crippen molar-refractivity contribution >= 4 is 29.9 Å². The van der Waals surface area contributed by atoms with Gasteiger partial charge < -0.3 is 10.6 Å². The lowest BCUT2D eigenvalue weighted by Gasteiger charge is -2.15. The zero-order chi connectivity index (χ0) is 15.8. The Morgan fingerprint density at radius 3 is 2.65 bits per heavy atom. The molecule has 0 saturated heterocycles. The number of para-hydroxylation sites is 1. The number of halogens is 1. The molecule has 2 N–H and O–H groups in total. The Labute approximate surface area is 155 Å². The molecule has 0 radical (unpaired) electrons. The topological polar surface area (TPSA) is 54.2 Å². The summed E-state index contributed by atoms with van der Waals surface area (Å²) in [5.41, 5.74) is 2.15. The average Bonchev–Trinajstić information content (AvgIpc) is 3.02. The summed E-state index contributed by atoms with van der Waals surface area (Å²) in [4.78, 5) is 4.62. The Morgan fingerprint density at radius 1 is 1.26 bits per heavy atom. The van der Waals surface area contributed by atoms with Crippen LogP contribution in [0.15, 0.2) is 47.7 Å². The first kappa shape index (κ1) is 19.5. The van der Waals surface area contributed by atoms with E-state index >= 15 is 0 Å². The second kappa shape index (κ2) is 10.3. The van der Waals surface area contributed by atoms with Crippen LogP contribution in [0.2, 0.25) is 0 Å². The molecule has 1 heterocycles. The van der Waals surface area contributed by atoms with Gasteiger partial charge in [0.15, 0.2) is 5.96 Å². The largest absolute Gasteiger partial charge is 0.357 e. The summed E-state index contributed by atoms with van der Waals surface area (Å²) in [7, 11) is 0. The van der Waals surface area contributed by atoms with Gasteiger partial charge in [0.1, 0.15) is 0 Å². The fraction of sp³-hybridized carbons (Fsp3) is 0.412. The molecule has 126 valence electrons. The van der Waals surface area contributed by atoms with E-state index in [0.717, 1.165) is 30.2 Å². The molecule has 1 unspecified atom stereocenters. The van der Waals surface area contributed by atoms with Crippen LogP contribution in [-0.4, -0.2) is 28.3 Å². The quantitative estimate of drug-likeness (QED) is 0.423. The highest BCUT2D eigenvalue weighted by Crippen LogP contribution is 2.08. The van der Waals surface area contributed by atoms with Gasteiger partial charge in [-0.3, -0.25) is 0 Å². The van der Waals surface area contributed by atoms with Crippen molar-refractivity contribution in [2.24, 2.45) is 4.99 Å². The summed E-state index contributed by atoms with van der Waals surface area (Å²) in [6.07, 6.45) is 4.95. The Kier molecular flexibility index (Phi) is 8.68. The van der Waals surface area contributed by atoms with Crippen molar-refractivity contribution in [2.75, 3.05) is 6.54 Å². The summed E-state index contributed by atoms with van der Waals surface area (Å²) in [5, 5.41) is 11.1. The first-order valence-corrected chi connectivity index (χ1v) is 7.86. The van der Waals surface area contributed by atoms with E-state index in [9.17, 15) is 0 Å². The van der Waals surface area contributed by atoms with Crippen LogP contribution in [0, 0.1) is 0 Å². The van der Waals surface area contributed by atoms with Gasteiger partial charge in [-0.15, -0.1) is 24.0 Å². The molecule has 6 heteroatoms. The van der Waals surface area contributed by atoms with Crippen molar-refractivity contribution in [3.8, 4) is 5.69 Å². The van der Waals surface area contributed by atoms with Crippen molar-refractivity contribution < 1.29 is 0 Å². The normalized spacial score (nSPS) is 12.4. The predicted octanol–water partition coefficient (Wildman–Crippen LogP) is 3.34. The van der Waals surface area contributed by atoms with Gasteiger partial charge in [-0.1, -0.05) is 25.1 Å². The molecule has 0 saturated carbocycles. The molecule has 23 heavy (non-hydrogen) atoms. The highest BCUT2D eigenvalue weighted by Gasteiger charge is 2.04. The van der Waals surface area contributed by atoms with E-state index in [4.69, 9.17) is 0 Å². The number of aromatic nitrogens is 2. The summed E-state index contributed by atoms with van der Waals surface area (Å²) >= 11 is 0. The van der Waals surface area contributed by atoms with Crippen LogP contribution in [0.1, 0.15) is 32.8 Å². The molecule has 0 aliphatic heterocycles. The lowest BCUT2D eigenvalue weighted by molar-refractivity contribution is 0.624. The number of nitrogens with one attached hydrogen (secondary N) is 2. The zero-order valence-corrected chi connectivity index (χ0v) is 16.3. The number of rotatable bonds is 6. The minimum Gasteiger partial charge on any atom is -0.357 e. The Hall–Kier alpha value is -1.57. The van der Waals surface area contributed by atoms with Crippen LogP contribution in [0.25, 0.3) is 5.69 Å². The van der Waals surface area contributed by atoms with Crippen molar-refractivity contribution in [3.05, 3.63) is 48.3 Å². The van der Waals surface area contributed by atoms with Crippen LogP contribution >= 0.6 is 24.0 Å². The maximum absolute atomic E-state index is 4.62. The highest BCUT2D eigenvalue weighted by atomic mass is 127. The van der Waals surface area contributed by atoms with E-state index < -0.39 is 0 Å². The minimum absolute atomic E-state index is 0. The number of guanidine groups is 1. The van der Waals surface area contributed by atoms with Gasteiger partial charge in [-0.25, -0.2) is 9.67 Å². The van der Waals surface area contributed by atoms with Gasteiger partial charge in [0.05, 0.1) is 18.4 Å². The SMILES string of the molecule is CCNC(=NCc1cnn(-c2ccccc2)c1)NC(C)CC.I. The molecule has 2 aromatic rings. The van der Waals surface area contributed by atoms with Gasteiger partial charge >= 0.3 is 0 Å². The molecular formula is C17H26IN5. The molecule has 0 amide bonds. The molecule has 0 aliphatic carbocycles. The van der Waals surface area contributed by atoms with E-state index in [1.54, 1.807) is 0 Å². The van der Waals surface area contributed by atoms with Crippen LogP contribution in [0.5, 0.6) is 0 Å². The molecule has 0 spiro atoms. The molecule has 5 nitrogen and oxygen atoms in total. The van der Waals surface area contributed by atoms with Gasteiger partial charge in [0, 0.05) is 24.3 Å². The third kappa shape index (κ3) is 6.21. The molecule has 1 aromatic heterocycles. The van der Waals surface area contributed by atoms with E-state index in [2.05, 4.69) is 41.5 Å². The third-order valence-corrected chi connectivity index (χ3v) is 3.42. The monoisotopic (exact) mass is 427 g/mol. The summed E-state index contributed by atoms with van der Waals surface area (Å²) in [6.45, 7) is 7.84. The van der Waals surface area contributed by atoms with E-state index in [0.29, 0.717) is 12.6 Å². The first-order chi connectivity index (χ1) is 10.7. The molecule has 0 bridgehead atoms. The zero-order valence-electron chi connectivity index (χ0n) is 14.0. The second-order valence-electron chi connectivity index (χ2n) is 5.28. The number of nitrogens with zero attached hydrogens (tertiary/aromatic N) is 3. The second-order valence-corrected chi connectivity index (χ2v) is 5.28. The van der Waals surface area contributed by atoms with E-state index in [1.165, 1.54) is 0 Å². The summed E-state index contributed by atoms with van der Waals surface area (Å²) in [5.74, 6) is 0.851. The Balaban J connectivity index is 0.00000264. The van der Waals surface area contributed by atoms with Gasteiger partial charge in [-0.05, 0) is 32.4 Å². The first-order valence-electron chi connectivity index (χ1n) is 7.86. The van der Waals surface area contributed by atoms with Crippen molar-refractivity contribution in [1.29, 1.82) is 0 Å². The van der Waals surface area contributed by atoms with Gasteiger partial charge in [0.2, 0.25) is 0 Å². The van der Waals surface area contributed by atoms with Crippen molar-refractivity contribution in [3.63, 3.8) is 0 Å².